The third-order valence-electron chi connectivity index (χ3n) is 3.19. The van der Waals surface area contributed by atoms with Crippen molar-refractivity contribution in [3.8, 4) is 0 Å². The number of aryl methyl sites for hydroxylation is 1. The number of benzene rings is 1. The summed E-state index contributed by atoms with van der Waals surface area (Å²) in [6.45, 7) is 3.51. The summed E-state index contributed by atoms with van der Waals surface area (Å²) in [5, 5.41) is 1.15. The van der Waals surface area contributed by atoms with Crippen molar-refractivity contribution in [2.24, 2.45) is 0 Å². The molecule has 0 amide bonds. The number of ether oxygens (including phenoxy) is 1. The molecule has 0 saturated carbocycles. The first kappa shape index (κ1) is 11.2. The van der Waals surface area contributed by atoms with Crippen molar-refractivity contribution in [3.05, 3.63) is 36.3 Å². The van der Waals surface area contributed by atoms with Gasteiger partial charge in [-0.25, -0.2) is 4.98 Å². The second-order valence-corrected chi connectivity index (χ2v) is 4.31. The summed E-state index contributed by atoms with van der Waals surface area (Å²) >= 11 is 0. The number of aromatic nitrogens is 3. The van der Waals surface area contributed by atoms with Crippen molar-refractivity contribution < 1.29 is 4.74 Å². The molecule has 0 spiro atoms. The van der Waals surface area contributed by atoms with Crippen molar-refractivity contribution in [2.45, 2.75) is 13.5 Å². The Hall–Kier alpha value is -1.94. The van der Waals surface area contributed by atoms with Crippen LogP contribution in [0.1, 0.15) is 5.82 Å². The van der Waals surface area contributed by atoms with Gasteiger partial charge in [-0.3, -0.25) is 4.98 Å². The van der Waals surface area contributed by atoms with Crippen molar-refractivity contribution in [3.63, 3.8) is 0 Å². The Morgan fingerprint density at radius 1 is 1.22 bits per heavy atom. The van der Waals surface area contributed by atoms with Crippen LogP contribution in [0.2, 0.25) is 0 Å². The van der Waals surface area contributed by atoms with Gasteiger partial charge >= 0.3 is 0 Å². The molecule has 4 heteroatoms. The summed E-state index contributed by atoms with van der Waals surface area (Å²) in [6, 6.07) is 8.16. The molecule has 4 nitrogen and oxygen atoms in total. The topological polar surface area (TPSA) is 39.9 Å². The molecule has 0 fully saturated rings. The highest BCUT2D eigenvalue weighted by Gasteiger charge is 2.10. The molecule has 92 valence electrons. The van der Waals surface area contributed by atoms with Gasteiger partial charge in [0.2, 0.25) is 0 Å². The molecule has 0 aliphatic carbocycles. The highest BCUT2D eigenvalue weighted by atomic mass is 16.5. The highest BCUT2D eigenvalue weighted by molar-refractivity contribution is 6.02. The van der Waals surface area contributed by atoms with Crippen molar-refractivity contribution >= 4 is 21.9 Å². The van der Waals surface area contributed by atoms with Gasteiger partial charge in [-0.2, -0.15) is 0 Å². The average Bonchev–Trinajstić information content (AvgIpc) is 2.72. The van der Waals surface area contributed by atoms with E-state index in [1.54, 1.807) is 7.11 Å². The van der Waals surface area contributed by atoms with E-state index in [4.69, 9.17) is 4.74 Å². The van der Waals surface area contributed by atoms with E-state index in [1.165, 1.54) is 0 Å². The maximum absolute atomic E-state index is 5.17. The summed E-state index contributed by atoms with van der Waals surface area (Å²) < 4.78 is 7.36. The Bertz CT molecular complexity index is 703. The molecule has 3 aromatic rings. The van der Waals surface area contributed by atoms with Crippen LogP contribution in [-0.2, 0) is 11.3 Å². The van der Waals surface area contributed by atoms with E-state index in [2.05, 4.69) is 20.6 Å². The normalized spacial score (nSPS) is 11.4. The molecule has 3 rings (SSSR count). The summed E-state index contributed by atoms with van der Waals surface area (Å²) in [4.78, 5) is 9.00. The SMILES string of the molecule is COCCn1c(C)nc2cnc3ccccc3c21. The van der Waals surface area contributed by atoms with Gasteiger partial charge in [0.15, 0.2) is 0 Å². The Kier molecular flexibility index (Phi) is 2.72. The van der Waals surface area contributed by atoms with E-state index in [0.717, 1.165) is 34.3 Å². The quantitative estimate of drug-likeness (QED) is 0.707. The zero-order valence-electron chi connectivity index (χ0n) is 10.6. The van der Waals surface area contributed by atoms with Crippen LogP contribution < -0.4 is 0 Å². The number of imidazole rings is 1. The minimum Gasteiger partial charge on any atom is -0.383 e. The van der Waals surface area contributed by atoms with Gasteiger partial charge in [0.05, 0.1) is 23.8 Å². The fourth-order valence-corrected chi connectivity index (χ4v) is 2.33. The standard InChI is InChI=1S/C14H15N3O/c1-10-16-13-9-15-12-6-4-3-5-11(12)14(13)17(10)7-8-18-2/h3-6,9H,7-8H2,1-2H3. The van der Waals surface area contributed by atoms with E-state index in [0.29, 0.717) is 6.61 Å². The smallest absolute Gasteiger partial charge is 0.108 e. The third kappa shape index (κ3) is 1.66. The predicted molar refractivity (Wildman–Crippen MR) is 71.6 cm³/mol. The zero-order chi connectivity index (χ0) is 12.5. The van der Waals surface area contributed by atoms with E-state index < -0.39 is 0 Å². The lowest BCUT2D eigenvalue weighted by atomic mass is 10.2. The van der Waals surface area contributed by atoms with Crippen LogP contribution in [0.15, 0.2) is 30.5 Å². The fourth-order valence-electron chi connectivity index (χ4n) is 2.33. The molecule has 2 aromatic heterocycles. The second-order valence-electron chi connectivity index (χ2n) is 4.31. The first-order valence-electron chi connectivity index (χ1n) is 6.01. The number of methoxy groups -OCH3 is 1. The summed E-state index contributed by atoms with van der Waals surface area (Å²) in [6.07, 6.45) is 1.84. The monoisotopic (exact) mass is 241 g/mol. The molecule has 1 aromatic carbocycles. The zero-order valence-corrected chi connectivity index (χ0v) is 10.6. The molecule has 0 unspecified atom stereocenters. The molecular weight excluding hydrogens is 226 g/mol. The van der Waals surface area contributed by atoms with Crippen LogP contribution in [0.3, 0.4) is 0 Å². The molecule has 0 radical (unpaired) electrons. The minimum absolute atomic E-state index is 0.683. The van der Waals surface area contributed by atoms with Crippen LogP contribution in [0.4, 0.5) is 0 Å². The Morgan fingerprint density at radius 3 is 2.89 bits per heavy atom. The maximum atomic E-state index is 5.17. The lowest BCUT2D eigenvalue weighted by molar-refractivity contribution is 0.187. The molecule has 0 aliphatic heterocycles. The van der Waals surface area contributed by atoms with Gasteiger partial charge in [-0.15, -0.1) is 0 Å². The summed E-state index contributed by atoms with van der Waals surface area (Å²) in [5.41, 5.74) is 3.10. The Labute approximate surface area is 105 Å². The van der Waals surface area contributed by atoms with E-state index in [-0.39, 0.29) is 0 Å². The largest absolute Gasteiger partial charge is 0.383 e. The summed E-state index contributed by atoms with van der Waals surface area (Å²) in [7, 11) is 1.72. The van der Waals surface area contributed by atoms with Crippen molar-refractivity contribution in [1.82, 2.24) is 14.5 Å². The Morgan fingerprint density at radius 2 is 2.06 bits per heavy atom. The third-order valence-corrected chi connectivity index (χ3v) is 3.19. The molecule has 0 saturated heterocycles. The van der Waals surface area contributed by atoms with Crippen molar-refractivity contribution in [2.75, 3.05) is 13.7 Å². The van der Waals surface area contributed by atoms with Crippen LogP contribution in [0.25, 0.3) is 21.9 Å². The lowest BCUT2D eigenvalue weighted by Crippen LogP contribution is -2.06. The number of para-hydroxylation sites is 1. The fraction of sp³-hybridized carbons (Fsp3) is 0.286. The molecule has 0 N–H and O–H groups in total. The molecule has 0 bridgehead atoms. The number of rotatable bonds is 3. The van der Waals surface area contributed by atoms with Gasteiger partial charge in [0.25, 0.3) is 0 Å². The predicted octanol–water partition coefficient (Wildman–Crippen LogP) is 2.54. The van der Waals surface area contributed by atoms with E-state index >= 15 is 0 Å². The van der Waals surface area contributed by atoms with Crippen molar-refractivity contribution in [1.29, 1.82) is 0 Å². The van der Waals surface area contributed by atoms with E-state index in [9.17, 15) is 0 Å². The first-order chi connectivity index (χ1) is 8.81. The average molecular weight is 241 g/mol. The van der Waals surface area contributed by atoms with Gasteiger partial charge in [0, 0.05) is 19.0 Å². The van der Waals surface area contributed by atoms with Gasteiger partial charge in [-0.05, 0) is 13.0 Å². The van der Waals surface area contributed by atoms with Crippen LogP contribution in [0.5, 0.6) is 0 Å². The molecular formula is C14H15N3O. The molecule has 0 atom stereocenters. The second kappa shape index (κ2) is 4.38. The van der Waals surface area contributed by atoms with E-state index in [1.807, 2.05) is 31.3 Å². The minimum atomic E-state index is 0.683. The van der Waals surface area contributed by atoms with Crippen LogP contribution in [-0.4, -0.2) is 28.3 Å². The molecule has 2 heterocycles. The van der Waals surface area contributed by atoms with Crippen LogP contribution in [0, 0.1) is 6.92 Å². The number of hydrogen-bond donors (Lipinski definition) is 0. The summed E-state index contributed by atoms with van der Waals surface area (Å²) in [5.74, 6) is 1.00. The number of pyridine rings is 1. The van der Waals surface area contributed by atoms with Gasteiger partial charge < -0.3 is 9.30 Å². The first-order valence-corrected chi connectivity index (χ1v) is 6.01. The molecule has 18 heavy (non-hydrogen) atoms. The van der Waals surface area contributed by atoms with Gasteiger partial charge in [-0.1, -0.05) is 18.2 Å². The highest BCUT2D eigenvalue weighted by Crippen LogP contribution is 2.24. The number of hydrogen-bond acceptors (Lipinski definition) is 3. The lowest BCUT2D eigenvalue weighted by Gasteiger charge is -2.07. The van der Waals surface area contributed by atoms with Crippen LogP contribution >= 0.6 is 0 Å². The number of nitrogens with zero attached hydrogens (tertiary/aromatic N) is 3. The molecule has 0 aliphatic rings. The number of fused-ring (bicyclic) bond motifs is 3. The van der Waals surface area contributed by atoms with Gasteiger partial charge in [0.1, 0.15) is 11.3 Å². The Balaban J connectivity index is 2.32. The maximum Gasteiger partial charge on any atom is 0.108 e.